The molecule has 0 aromatic carbocycles. The average Bonchev–Trinajstić information content (AvgIpc) is 3.05. The minimum Gasteiger partial charge on any atom is -0.371 e. The standard InChI is InChI=1S/C16H24F3N3O2/c1-4-11(2)14(24-3)15(23)21-8-5-6-12(10-21)22-9-7-13(20-22)16(17,18)19/h7,9,11-12,14H,4-6,8,10H2,1-3H3/t11-,12-,14+/m0/s1. The number of alkyl halides is 3. The van der Waals surface area contributed by atoms with Crippen LogP contribution in [0.2, 0.25) is 0 Å². The molecule has 0 N–H and O–H groups in total. The monoisotopic (exact) mass is 347 g/mol. The number of nitrogens with zero attached hydrogens (tertiary/aromatic N) is 3. The lowest BCUT2D eigenvalue weighted by Crippen LogP contribution is -2.47. The SMILES string of the molecule is CC[C@H](C)[C@@H](OC)C(=O)N1CCC[C@H](n2ccc(C(F)(F)F)n2)C1. The summed E-state index contributed by atoms with van der Waals surface area (Å²) in [5.74, 6) is -0.0100. The Morgan fingerprint density at radius 3 is 2.75 bits per heavy atom. The Bertz CT molecular complexity index is 559. The van der Waals surface area contributed by atoms with E-state index in [0.717, 1.165) is 18.9 Å². The highest BCUT2D eigenvalue weighted by Crippen LogP contribution is 2.29. The molecule has 1 aliphatic heterocycles. The first-order chi connectivity index (χ1) is 11.3. The van der Waals surface area contributed by atoms with Gasteiger partial charge in [-0.3, -0.25) is 9.48 Å². The van der Waals surface area contributed by atoms with Crippen molar-refractivity contribution < 1.29 is 22.7 Å². The summed E-state index contributed by atoms with van der Waals surface area (Å²) < 4.78 is 44.8. The molecule has 1 aromatic heterocycles. The third-order valence-corrected chi connectivity index (χ3v) is 4.64. The predicted octanol–water partition coefficient (Wildman–Crippen LogP) is 3.13. The molecule has 5 nitrogen and oxygen atoms in total. The largest absolute Gasteiger partial charge is 0.435 e. The number of rotatable bonds is 5. The smallest absolute Gasteiger partial charge is 0.371 e. The Labute approximate surface area is 139 Å². The second-order valence-electron chi connectivity index (χ2n) is 6.30. The first-order valence-corrected chi connectivity index (χ1v) is 8.21. The Hall–Kier alpha value is -1.57. The molecule has 0 bridgehead atoms. The summed E-state index contributed by atoms with van der Waals surface area (Å²) in [7, 11) is 1.51. The van der Waals surface area contributed by atoms with Crippen LogP contribution in [-0.4, -0.2) is 46.9 Å². The zero-order valence-corrected chi connectivity index (χ0v) is 14.2. The molecule has 8 heteroatoms. The van der Waals surface area contributed by atoms with Crippen LogP contribution in [0.3, 0.4) is 0 Å². The van der Waals surface area contributed by atoms with Crippen molar-refractivity contribution in [2.75, 3.05) is 20.2 Å². The number of piperidine rings is 1. The Morgan fingerprint density at radius 2 is 2.21 bits per heavy atom. The van der Waals surface area contributed by atoms with Crippen molar-refractivity contribution in [1.29, 1.82) is 0 Å². The maximum absolute atomic E-state index is 12.7. The third-order valence-electron chi connectivity index (χ3n) is 4.64. The van der Waals surface area contributed by atoms with Crippen LogP contribution in [0.15, 0.2) is 12.3 Å². The molecule has 1 fully saturated rings. The summed E-state index contributed by atoms with van der Waals surface area (Å²) in [4.78, 5) is 14.3. The summed E-state index contributed by atoms with van der Waals surface area (Å²) in [6, 6.07) is 0.728. The van der Waals surface area contributed by atoms with E-state index in [1.807, 2.05) is 13.8 Å². The molecule has 0 radical (unpaired) electrons. The number of halogens is 3. The van der Waals surface area contributed by atoms with Gasteiger partial charge in [-0.15, -0.1) is 0 Å². The third kappa shape index (κ3) is 4.09. The average molecular weight is 347 g/mol. The number of methoxy groups -OCH3 is 1. The fraction of sp³-hybridized carbons (Fsp3) is 0.750. The van der Waals surface area contributed by atoms with Crippen molar-refractivity contribution >= 4 is 5.91 Å². The minimum absolute atomic E-state index is 0.0874. The van der Waals surface area contributed by atoms with Crippen molar-refractivity contribution in [3.8, 4) is 0 Å². The van der Waals surface area contributed by atoms with Gasteiger partial charge in [0, 0.05) is 26.4 Å². The summed E-state index contributed by atoms with van der Waals surface area (Å²) in [6.45, 7) is 4.90. The highest BCUT2D eigenvalue weighted by Gasteiger charge is 2.36. The highest BCUT2D eigenvalue weighted by atomic mass is 19.4. The van der Waals surface area contributed by atoms with E-state index < -0.39 is 18.0 Å². The van der Waals surface area contributed by atoms with E-state index in [1.165, 1.54) is 18.0 Å². The molecule has 0 aliphatic carbocycles. The molecule has 2 rings (SSSR count). The van der Waals surface area contributed by atoms with Gasteiger partial charge in [-0.05, 0) is 24.8 Å². The van der Waals surface area contributed by atoms with Gasteiger partial charge in [0.1, 0.15) is 6.10 Å². The summed E-state index contributed by atoms with van der Waals surface area (Å²) >= 11 is 0. The Kier molecular flexibility index (Phi) is 5.90. The minimum atomic E-state index is -4.45. The zero-order chi connectivity index (χ0) is 17.9. The van der Waals surface area contributed by atoms with E-state index in [1.54, 1.807) is 4.90 Å². The predicted molar refractivity (Wildman–Crippen MR) is 82.3 cm³/mol. The molecule has 1 saturated heterocycles. The van der Waals surface area contributed by atoms with Gasteiger partial charge < -0.3 is 9.64 Å². The van der Waals surface area contributed by atoms with Gasteiger partial charge in [-0.2, -0.15) is 18.3 Å². The van der Waals surface area contributed by atoms with Crippen molar-refractivity contribution in [3.63, 3.8) is 0 Å². The molecule has 1 aromatic rings. The molecule has 136 valence electrons. The van der Waals surface area contributed by atoms with Gasteiger partial charge in [0.25, 0.3) is 5.91 Å². The van der Waals surface area contributed by atoms with Gasteiger partial charge in [0.15, 0.2) is 5.69 Å². The van der Waals surface area contributed by atoms with Crippen LogP contribution in [0.1, 0.15) is 44.8 Å². The van der Waals surface area contributed by atoms with Gasteiger partial charge >= 0.3 is 6.18 Å². The number of likely N-dealkylation sites (tertiary alicyclic amines) is 1. The van der Waals surface area contributed by atoms with E-state index in [2.05, 4.69) is 5.10 Å². The maximum atomic E-state index is 12.7. The van der Waals surface area contributed by atoms with Crippen LogP contribution < -0.4 is 0 Å². The molecule has 0 spiro atoms. The second kappa shape index (κ2) is 7.55. The van der Waals surface area contributed by atoms with Gasteiger partial charge in [0.05, 0.1) is 6.04 Å². The van der Waals surface area contributed by atoms with E-state index in [9.17, 15) is 18.0 Å². The number of ether oxygens (including phenoxy) is 1. The maximum Gasteiger partial charge on any atom is 0.435 e. The molecule has 2 heterocycles. The molecular weight excluding hydrogens is 323 g/mol. The fourth-order valence-electron chi connectivity index (χ4n) is 3.03. The van der Waals surface area contributed by atoms with Crippen molar-refractivity contribution in [2.45, 2.75) is 51.4 Å². The first kappa shape index (κ1) is 18.8. The number of carbonyl (C=O) groups is 1. The van der Waals surface area contributed by atoms with Crippen LogP contribution in [-0.2, 0) is 15.7 Å². The van der Waals surface area contributed by atoms with Crippen LogP contribution in [0.5, 0.6) is 0 Å². The molecule has 0 saturated carbocycles. The number of aromatic nitrogens is 2. The topological polar surface area (TPSA) is 47.4 Å². The molecule has 1 aliphatic rings. The number of amides is 1. The summed E-state index contributed by atoms with van der Waals surface area (Å²) in [6.07, 6.45) is -1.39. The molecular formula is C16H24F3N3O2. The van der Waals surface area contributed by atoms with Crippen molar-refractivity contribution in [2.24, 2.45) is 5.92 Å². The molecule has 3 atom stereocenters. The lowest BCUT2D eigenvalue weighted by molar-refractivity contribution is -0.147. The lowest BCUT2D eigenvalue weighted by atomic mass is 9.98. The Balaban J connectivity index is 2.08. The molecule has 0 unspecified atom stereocenters. The molecule has 24 heavy (non-hydrogen) atoms. The van der Waals surface area contributed by atoms with E-state index in [-0.39, 0.29) is 17.9 Å². The van der Waals surface area contributed by atoms with Crippen molar-refractivity contribution in [1.82, 2.24) is 14.7 Å². The van der Waals surface area contributed by atoms with E-state index in [0.29, 0.717) is 19.5 Å². The summed E-state index contributed by atoms with van der Waals surface area (Å²) in [5.41, 5.74) is -0.902. The van der Waals surface area contributed by atoms with Gasteiger partial charge in [0.2, 0.25) is 0 Å². The molecule has 1 amide bonds. The Morgan fingerprint density at radius 1 is 1.50 bits per heavy atom. The number of hydrogen-bond donors (Lipinski definition) is 0. The normalized spacial score (nSPS) is 21.6. The van der Waals surface area contributed by atoms with Crippen LogP contribution in [0, 0.1) is 5.92 Å². The number of carbonyl (C=O) groups excluding carboxylic acids is 1. The van der Waals surface area contributed by atoms with Crippen LogP contribution >= 0.6 is 0 Å². The van der Waals surface area contributed by atoms with Gasteiger partial charge in [-0.25, -0.2) is 0 Å². The van der Waals surface area contributed by atoms with Gasteiger partial charge in [-0.1, -0.05) is 20.3 Å². The lowest BCUT2D eigenvalue weighted by Gasteiger charge is -2.35. The van der Waals surface area contributed by atoms with Crippen molar-refractivity contribution in [3.05, 3.63) is 18.0 Å². The quantitative estimate of drug-likeness (QED) is 0.822. The number of hydrogen-bond acceptors (Lipinski definition) is 3. The first-order valence-electron chi connectivity index (χ1n) is 8.21. The van der Waals surface area contributed by atoms with Crippen LogP contribution in [0.25, 0.3) is 0 Å². The van der Waals surface area contributed by atoms with E-state index >= 15 is 0 Å². The highest BCUT2D eigenvalue weighted by molar-refractivity contribution is 5.81. The van der Waals surface area contributed by atoms with E-state index in [4.69, 9.17) is 4.74 Å². The summed E-state index contributed by atoms with van der Waals surface area (Å²) in [5, 5.41) is 3.64. The fourth-order valence-corrected chi connectivity index (χ4v) is 3.03. The zero-order valence-electron chi connectivity index (χ0n) is 14.2. The second-order valence-corrected chi connectivity index (χ2v) is 6.30. The van der Waals surface area contributed by atoms with Crippen LogP contribution in [0.4, 0.5) is 13.2 Å².